The maximum Gasteiger partial charge on any atom is 0.155 e. The molecular formula is C27H32O3. The average molecular weight is 405 g/mol. The molecule has 3 fully saturated rings. The van der Waals surface area contributed by atoms with Gasteiger partial charge in [-0.25, -0.2) is 0 Å². The Morgan fingerprint density at radius 2 is 1.97 bits per heavy atom. The van der Waals surface area contributed by atoms with E-state index in [1.165, 1.54) is 5.57 Å². The molecule has 1 aromatic carbocycles. The predicted octanol–water partition coefficient (Wildman–Crippen LogP) is 6.01. The Labute approximate surface area is 178 Å². The van der Waals surface area contributed by atoms with Crippen molar-refractivity contribution in [2.75, 3.05) is 0 Å². The molecule has 3 saturated carbocycles. The van der Waals surface area contributed by atoms with Crippen molar-refractivity contribution in [1.82, 2.24) is 0 Å². The van der Waals surface area contributed by atoms with Crippen LogP contribution in [-0.2, 0) is 10.4 Å². The van der Waals surface area contributed by atoms with Crippen LogP contribution >= 0.6 is 0 Å². The van der Waals surface area contributed by atoms with E-state index in [9.17, 15) is 9.90 Å². The van der Waals surface area contributed by atoms with Gasteiger partial charge in [-0.15, -0.1) is 0 Å². The fourth-order valence-corrected chi connectivity index (χ4v) is 8.20. The van der Waals surface area contributed by atoms with Gasteiger partial charge in [0.2, 0.25) is 0 Å². The Morgan fingerprint density at radius 3 is 2.80 bits per heavy atom. The van der Waals surface area contributed by atoms with Crippen molar-refractivity contribution in [3.05, 3.63) is 47.7 Å². The van der Waals surface area contributed by atoms with Crippen LogP contribution in [0.2, 0.25) is 0 Å². The van der Waals surface area contributed by atoms with Gasteiger partial charge in [-0.05, 0) is 86.3 Å². The first-order chi connectivity index (χ1) is 14.4. The van der Waals surface area contributed by atoms with Gasteiger partial charge in [-0.2, -0.15) is 0 Å². The number of benzene rings is 1. The lowest BCUT2D eigenvalue weighted by atomic mass is 9.48. The molecule has 30 heavy (non-hydrogen) atoms. The summed E-state index contributed by atoms with van der Waals surface area (Å²) in [5, 5.41) is 13.2. The number of furan rings is 1. The summed E-state index contributed by atoms with van der Waals surface area (Å²) in [5.74, 6) is 4.08. The highest BCUT2D eigenvalue weighted by Crippen LogP contribution is 2.68. The number of para-hydroxylation sites is 1. The van der Waals surface area contributed by atoms with Crippen molar-refractivity contribution in [1.29, 1.82) is 0 Å². The molecule has 3 nitrogen and oxygen atoms in total. The Morgan fingerprint density at radius 1 is 1.13 bits per heavy atom. The molecule has 3 heteroatoms. The molecule has 1 heterocycles. The maximum atomic E-state index is 12.1. The standard InChI is InChI=1S/C27H32O3/c1-16-13-18-14-19(28)7-8-20(18)21-9-11-26(2)22(25(16)21)10-12-27(26,29)24-15-17-5-3-4-6-23(17)30-24/h3-6,14-16,20-22,25,29H,7-13H2,1-2H3/t16-,20-,21-,22+,25+,26-,27-/m0/s1. The molecule has 1 N–H and O–H groups in total. The van der Waals surface area contributed by atoms with Crippen LogP contribution in [-0.4, -0.2) is 10.9 Å². The number of carbonyl (C=O) groups is 1. The van der Waals surface area contributed by atoms with E-state index in [2.05, 4.69) is 26.0 Å². The summed E-state index contributed by atoms with van der Waals surface area (Å²) in [6, 6.07) is 10.2. The van der Waals surface area contributed by atoms with Crippen LogP contribution in [0.25, 0.3) is 11.0 Å². The smallest absolute Gasteiger partial charge is 0.155 e. The van der Waals surface area contributed by atoms with Gasteiger partial charge < -0.3 is 9.52 Å². The zero-order valence-corrected chi connectivity index (χ0v) is 18.1. The summed E-state index contributed by atoms with van der Waals surface area (Å²) < 4.78 is 6.23. The first-order valence-electron chi connectivity index (χ1n) is 11.9. The highest BCUT2D eigenvalue weighted by Gasteiger charge is 2.65. The summed E-state index contributed by atoms with van der Waals surface area (Å²) in [5.41, 5.74) is 1.26. The van der Waals surface area contributed by atoms with Gasteiger partial charge in [0, 0.05) is 17.2 Å². The van der Waals surface area contributed by atoms with Gasteiger partial charge in [-0.3, -0.25) is 4.79 Å². The molecule has 0 saturated heterocycles. The highest BCUT2D eigenvalue weighted by molar-refractivity contribution is 5.91. The molecule has 0 unspecified atom stereocenters. The summed E-state index contributed by atoms with van der Waals surface area (Å²) in [7, 11) is 0. The summed E-state index contributed by atoms with van der Waals surface area (Å²) in [4.78, 5) is 12.0. The fraction of sp³-hybridized carbons (Fsp3) is 0.593. The second-order valence-electron chi connectivity index (χ2n) is 10.9. The van der Waals surface area contributed by atoms with Crippen molar-refractivity contribution in [3.8, 4) is 0 Å². The minimum absolute atomic E-state index is 0.151. The number of carbonyl (C=O) groups excluding carboxylic acids is 1. The fourth-order valence-electron chi connectivity index (χ4n) is 8.20. The molecule has 158 valence electrons. The Kier molecular flexibility index (Phi) is 3.98. The van der Waals surface area contributed by atoms with Crippen LogP contribution < -0.4 is 0 Å². The van der Waals surface area contributed by atoms with Crippen LogP contribution in [0.3, 0.4) is 0 Å². The Hall–Kier alpha value is -1.87. The van der Waals surface area contributed by atoms with Gasteiger partial charge >= 0.3 is 0 Å². The van der Waals surface area contributed by atoms with Crippen molar-refractivity contribution in [2.45, 2.75) is 64.4 Å². The number of ketones is 1. The quantitative estimate of drug-likeness (QED) is 0.633. The third kappa shape index (κ3) is 2.39. The Balaban J connectivity index is 1.38. The second kappa shape index (κ2) is 6.32. The van der Waals surface area contributed by atoms with Gasteiger partial charge in [-0.1, -0.05) is 37.6 Å². The second-order valence-corrected chi connectivity index (χ2v) is 10.9. The molecule has 0 spiro atoms. The van der Waals surface area contributed by atoms with Crippen LogP contribution in [0.1, 0.15) is 64.6 Å². The Bertz CT molecular complexity index is 1010. The number of hydrogen-bond donors (Lipinski definition) is 1. The summed E-state index contributed by atoms with van der Waals surface area (Å²) in [6.45, 7) is 4.72. The third-order valence-electron chi connectivity index (χ3n) is 9.63. The molecule has 0 bridgehead atoms. The zero-order valence-electron chi connectivity index (χ0n) is 18.1. The van der Waals surface area contributed by atoms with E-state index >= 15 is 0 Å². The number of aliphatic hydroxyl groups is 1. The van der Waals surface area contributed by atoms with Crippen molar-refractivity contribution < 1.29 is 14.3 Å². The number of allylic oxidation sites excluding steroid dienone is 1. The van der Waals surface area contributed by atoms with Crippen LogP contribution in [0.15, 0.2) is 46.4 Å². The van der Waals surface area contributed by atoms with E-state index in [1.807, 2.05) is 24.3 Å². The lowest BCUT2D eigenvalue weighted by Gasteiger charge is -2.57. The normalized spacial score (nSPS) is 43.1. The molecule has 7 atom stereocenters. The molecule has 4 aliphatic rings. The molecular weight excluding hydrogens is 372 g/mol. The number of fused-ring (bicyclic) bond motifs is 6. The van der Waals surface area contributed by atoms with E-state index in [-0.39, 0.29) is 5.41 Å². The van der Waals surface area contributed by atoms with Crippen LogP contribution in [0.4, 0.5) is 0 Å². The molecule has 6 rings (SSSR count). The minimum Gasteiger partial charge on any atom is -0.458 e. The van der Waals surface area contributed by atoms with Crippen molar-refractivity contribution >= 4 is 16.8 Å². The minimum atomic E-state index is -0.889. The van der Waals surface area contributed by atoms with Crippen molar-refractivity contribution in [3.63, 3.8) is 0 Å². The number of rotatable bonds is 1. The summed E-state index contributed by atoms with van der Waals surface area (Å²) >= 11 is 0. The zero-order chi connectivity index (χ0) is 20.7. The lowest BCUT2D eigenvalue weighted by molar-refractivity contribution is -0.140. The predicted molar refractivity (Wildman–Crippen MR) is 117 cm³/mol. The van der Waals surface area contributed by atoms with E-state index in [4.69, 9.17) is 4.42 Å². The molecule has 0 radical (unpaired) electrons. The monoisotopic (exact) mass is 404 g/mol. The largest absolute Gasteiger partial charge is 0.458 e. The summed E-state index contributed by atoms with van der Waals surface area (Å²) in [6.07, 6.45) is 8.85. The lowest BCUT2D eigenvalue weighted by Crippen LogP contribution is -2.53. The first kappa shape index (κ1) is 18.9. The van der Waals surface area contributed by atoms with Gasteiger partial charge in [0.1, 0.15) is 16.9 Å². The van der Waals surface area contributed by atoms with Crippen LogP contribution in [0.5, 0.6) is 0 Å². The average Bonchev–Trinajstić information content (AvgIpc) is 3.28. The maximum absolute atomic E-state index is 12.1. The van der Waals surface area contributed by atoms with Crippen LogP contribution in [0, 0.1) is 35.0 Å². The van der Waals surface area contributed by atoms with Gasteiger partial charge in [0.25, 0.3) is 0 Å². The highest BCUT2D eigenvalue weighted by atomic mass is 16.4. The van der Waals surface area contributed by atoms with E-state index < -0.39 is 5.60 Å². The van der Waals surface area contributed by atoms with Gasteiger partial charge in [0.05, 0.1) is 0 Å². The molecule has 0 amide bonds. The molecule has 4 aliphatic carbocycles. The molecule has 1 aromatic heterocycles. The van der Waals surface area contributed by atoms with Crippen molar-refractivity contribution in [2.24, 2.45) is 35.0 Å². The van der Waals surface area contributed by atoms with E-state index in [1.54, 1.807) is 0 Å². The molecule has 0 aliphatic heterocycles. The first-order valence-corrected chi connectivity index (χ1v) is 11.9. The topological polar surface area (TPSA) is 50.4 Å². The SMILES string of the molecule is C[C@H]1CC2=CC(=O)CC[C@@H]2[C@@H]2CC[C@@]3(C)[C@H](CC[C@]3(O)c3cc4ccccc4o3)[C@@H]21. The van der Waals surface area contributed by atoms with E-state index in [0.717, 1.165) is 61.7 Å². The number of hydrogen-bond acceptors (Lipinski definition) is 3. The third-order valence-corrected chi connectivity index (χ3v) is 9.63. The molecule has 2 aromatic rings. The van der Waals surface area contributed by atoms with Gasteiger partial charge in [0.15, 0.2) is 5.78 Å². The van der Waals surface area contributed by atoms with E-state index in [0.29, 0.717) is 35.4 Å².